The van der Waals surface area contributed by atoms with E-state index in [0.29, 0.717) is 5.92 Å². The lowest BCUT2D eigenvalue weighted by Gasteiger charge is -2.12. The van der Waals surface area contributed by atoms with Gasteiger partial charge in [0, 0.05) is 13.1 Å². The molecule has 3 rings (SSSR count). The van der Waals surface area contributed by atoms with Gasteiger partial charge in [0.1, 0.15) is 0 Å². The zero-order chi connectivity index (χ0) is 15.4. The molecule has 22 heavy (non-hydrogen) atoms. The summed E-state index contributed by atoms with van der Waals surface area (Å²) in [5.74, 6) is 0.684. The highest BCUT2D eigenvalue weighted by Gasteiger charge is 2.04. The van der Waals surface area contributed by atoms with Gasteiger partial charge >= 0.3 is 0 Å². The number of aromatic nitrogens is 2. The fourth-order valence-corrected chi connectivity index (χ4v) is 2.80. The van der Waals surface area contributed by atoms with Crippen molar-refractivity contribution in [3.8, 4) is 0 Å². The Bertz CT molecular complexity index is 743. The minimum atomic E-state index is 0.684. The predicted molar refractivity (Wildman–Crippen MR) is 91.6 cm³/mol. The second-order valence-corrected chi connectivity index (χ2v) is 6.22. The van der Waals surface area contributed by atoms with E-state index in [4.69, 9.17) is 0 Å². The van der Waals surface area contributed by atoms with Crippen molar-refractivity contribution in [2.45, 2.75) is 33.4 Å². The normalized spacial score (nSPS) is 11.4. The molecular weight excluding hydrogens is 270 g/mol. The first-order valence-electron chi connectivity index (χ1n) is 7.92. The van der Waals surface area contributed by atoms with E-state index in [-0.39, 0.29) is 0 Å². The Labute approximate surface area is 131 Å². The summed E-state index contributed by atoms with van der Waals surface area (Å²) in [6, 6.07) is 15.1. The van der Waals surface area contributed by atoms with Crippen LogP contribution in [0.15, 0.2) is 48.8 Å². The van der Waals surface area contributed by atoms with E-state index in [0.717, 1.165) is 30.5 Å². The number of imidazole rings is 1. The quantitative estimate of drug-likeness (QED) is 0.720. The zero-order valence-corrected chi connectivity index (χ0v) is 13.3. The van der Waals surface area contributed by atoms with E-state index in [2.05, 4.69) is 71.6 Å². The van der Waals surface area contributed by atoms with Crippen LogP contribution in [0.3, 0.4) is 0 Å². The molecular formula is C19H23N3. The van der Waals surface area contributed by atoms with Gasteiger partial charge in [-0.25, -0.2) is 4.98 Å². The summed E-state index contributed by atoms with van der Waals surface area (Å²) in [6.07, 6.45) is 2.88. The maximum atomic E-state index is 4.25. The molecule has 0 aliphatic carbocycles. The molecule has 0 saturated heterocycles. The molecule has 0 aliphatic heterocycles. The van der Waals surface area contributed by atoms with Crippen molar-refractivity contribution in [3.05, 3.63) is 65.5 Å². The third-order valence-electron chi connectivity index (χ3n) is 3.88. The molecule has 0 unspecified atom stereocenters. The lowest BCUT2D eigenvalue weighted by atomic mass is 9.98. The zero-order valence-electron chi connectivity index (χ0n) is 13.3. The van der Waals surface area contributed by atoms with E-state index < -0.39 is 0 Å². The van der Waals surface area contributed by atoms with Crippen LogP contribution in [0.1, 0.15) is 30.5 Å². The van der Waals surface area contributed by atoms with E-state index in [9.17, 15) is 0 Å². The molecule has 2 N–H and O–H groups in total. The van der Waals surface area contributed by atoms with E-state index in [1.165, 1.54) is 16.7 Å². The molecule has 3 nitrogen and oxygen atoms in total. The van der Waals surface area contributed by atoms with E-state index >= 15 is 0 Å². The first kappa shape index (κ1) is 14.8. The second-order valence-electron chi connectivity index (χ2n) is 6.22. The summed E-state index contributed by atoms with van der Waals surface area (Å²) < 4.78 is 0. The fraction of sp³-hybridized carbons (Fsp3) is 0.316. The summed E-state index contributed by atoms with van der Waals surface area (Å²) in [6.45, 7) is 6.31. The van der Waals surface area contributed by atoms with Gasteiger partial charge in [0.25, 0.3) is 0 Å². The van der Waals surface area contributed by atoms with Gasteiger partial charge in [-0.2, -0.15) is 0 Å². The first-order valence-corrected chi connectivity index (χ1v) is 7.92. The van der Waals surface area contributed by atoms with Crippen molar-refractivity contribution in [3.63, 3.8) is 0 Å². The third kappa shape index (κ3) is 3.55. The van der Waals surface area contributed by atoms with Crippen LogP contribution in [-0.4, -0.2) is 9.97 Å². The predicted octanol–water partition coefficient (Wildman–Crippen LogP) is 4.05. The van der Waals surface area contributed by atoms with Gasteiger partial charge in [-0.05, 0) is 41.2 Å². The molecule has 0 spiro atoms. The average molecular weight is 293 g/mol. The number of hydrogen-bond acceptors (Lipinski definition) is 2. The Balaban J connectivity index is 1.63. The van der Waals surface area contributed by atoms with Gasteiger partial charge in [0.2, 0.25) is 0 Å². The molecule has 0 aliphatic rings. The number of aromatic amines is 1. The van der Waals surface area contributed by atoms with E-state index in [1.807, 2.05) is 0 Å². The van der Waals surface area contributed by atoms with Gasteiger partial charge in [-0.15, -0.1) is 0 Å². The summed E-state index contributed by atoms with van der Waals surface area (Å²) in [5, 5.41) is 3.55. The number of benzene rings is 2. The minimum absolute atomic E-state index is 0.684. The van der Waals surface area contributed by atoms with Crippen LogP contribution in [-0.2, 0) is 19.5 Å². The Hall–Kier alpha value is -2.13. The monoisotopic (exact) mass is 293 g/mol. The van der Waals surface area contributed by atoms with Crippen molar-refractivity contribution in [2.75, 3.05) is 0 Å². The number of H-pyrrole nitrogens is 1. The Morgan fingerprint density at radius 2 is 1.86 bits per heavy atom. The van der Waals surface area contributed by atoms with Crippen molar-refractivity contribution in [1.29, 1.82) is 0 Å². The van der Waals surface area contributed by atoms with Crippen molar-refractivity contribution in [2.24, 2.45) is 5.92 Å². The number of nitrogens with one attached hydrogen (secondary N) is 2. The molecule has 0 bridgehead atoms. The van der Waals surface area contributed by atoms with E-state index in [1.54, 1.807) is 6.33 Å². The maximum absolute atomic E-state index is 4.25. The SMILES string of the molecule is CC(C)Cc1ccccc1CNCc1ccc2nc[nH]c2c1. The highest BCUT2D eigenvalue weighted by Crippen LogP contribution is 2.15. The topological polar surface area (TPSA) is 40.7 Å². The summed E-state index contributed by atoms with van der Waals surface area (Å²) in [5.41, 5.74) is 6.25. The number of hydrogen-bond donors (Lipinski definition) is 2. The molecule has 0 fully saturated rings. The minimum Gasteiger partial charge on any atom is -0.345 e. The highest BCUT2D eigenvalue weighted by molar-refractivity contribution is 5.74. The lowest BCUT2D eigenvalue weighted by Crippen LogP contribution is -2.14. The summed E-state index contributed by atoms with van der Waals surface area (Å²) in [7, 11) is 0. The standard InChI is InChI=1S/C19H23N3/c1-14(2)9-16-5-3-4-6-17(16)12-20-11-15-7-8-18-19(10-15)22-13-21-18/h3-8,10,13-14,20H,9,11-12H2,1-2H3,(H,21,22). The summed E-state index contributed by atoms with van der Waals surface area (Å²) in [4.78, 5) is 7.41. The van der Waals surface area contributed by atoms with Crippen LogP contribution in [0.5, 0.6) is 0 Å². The number of fused-ring (bicyclic) bond motifs is 1. The summed E-state index contributed by atoms with van der Waals surface area (Å²) >= 11 is 0. The van der Waals surface area contributed by atoms with Gasteiger partial charge in [-0.1, -0.05) is 44.2 Å². The molecule has 3 aromatic rings. The first-order chi connectivity index (χ1) is 10.7. The molecule has 114 valence electrons. The molecule has 1 aromatic heterocycles. The van der Waals surface area contributed by atoms with Gasteiger partial charge in [0.15, 0.2) is 0 Å². The number of rotatable bonds is 6. The average Bonchev–Trinajstić information content (AvgIpc) is 2.96. The fourth-order valence-electron chi connectivity index (χ4n) is 2.80. The molecule has 2 aromatic carbocycles. The molecule has 0 saturated carbocycles. The molecule has 0 atom stereocenters. The van der Waals surface area contributed by atoms with Crippen molar-refractivity contribution < 1.29 is 0 Å². The van der Waals surface area contributed by atoms with Crippen molar-refractivity contribution >= 4 is 11.0 Å². The molecule has 0 radical (unpaired) electrons. The van der Waals surface area contributed by atoms with Crippen molar-refractivity contribution in [1.82, 2.24) is 15.3 Å². The van der Waals surface area contributed by atoms with Crippen LogP contribution in [0, 0.1) is 5.92 Å². The molecule has 0 amide bonds. The Kier molecular flexibility index (Phi) is 4.54. The van der Waals surface area contributed by atoms with Crippen LogP contribution < -0.4 is 5.32 Å². The molecule has 1 heterocycles. The van der Waals surface area contributed by atoms with Crippen LogP contribution >= 0.6 is 0 Å². The molecule has 3 heteroatoms. The Morgan fingerprint density at radius 1 is 1.05 bits per heavy atom. The highest BCUT2D eigenvalue weighted by atomic mass is 14.9. The third-order valence-corrected chi connectivity index (χ3v) is 3.88. The largest absolute Gasteiger partial charge is 0.345 e. The lowest BCUT2D eigenvalue weighted by molar-refractivity contribution is 0.631. The van der Waals surface area contributed by atoms with Crippen LogP contribution in [0.25, 0.3) is 11.0 Å². The number of nitrogens with zero attached hydrogens (tertiary/aromatic N) is 1. The van der Waals surface area contributed by atoms with Crippen LogP contribution in [0.4, 0.5) is 0 Å². The van der Waals surface area contributed by atoms with Gasteiger partial charge < -0.3 is 10.3 Å². The smallest absolute Gasteiger partial charge is 0.0931 e. The van der Waals surface area contributed by atoms with Gasteiger partial charge in [0.05, 0.1) is 17.4 Å². The Morgan fingerprint density at radius 3 is 2.68 bits per heavy atom. The van der Waals surface area contributed by atoms with Gasteiger partial charge in [-0.3, -0.25) is 0 Å². The maximum Gasteiger partial charge on any atom is 0.0931 e. The second kappa shape index (κ2) is 6.75. The van der Waals surface area contributed by atoms with Crippen LogP contribution in [0.2, 0.25) is 0 Å².